The third kappa shape index (κ3) is 3.64. The van der Waals surface area contributed by atoms with E-state index in [2.05, 4.69) is 14.7 Å². The number of urea groups is 1. The molecule has 1 aromatic heterocycles. The van der Waals surface area contributed by atoms with Gasteiger partial charge >= 0.3 is 16.4 Å². The van der Waals surface area contributed by atoms with Gasteiger partial charge < -0.3 is 4.90 Å². The highest BCUT2D eigenvalue weighted by Crippen LogP contribution is 2.30. The molecule has 3 amide bonds. The number of hydroxylamine groups is 3. The predicted molar refractivity (Wildman–Crippen MR) is 78.4 cm³/mol. The van der Waals surface area contributed by atoms with Crippen LogP contribution in [-0.4, -0.2) is 58.5 Å². The minimum Gasteiger partial charge on any atom is -0.309 e. The van der Waals surface area contributed by atoms with Crippen molar-refractivity contribution in [2.75, 3.05) is 6.54 Å². The average molecular weight is 378 g/mol. The van der Waals surface area contributed by atoms with E-state index >= 15 is 0 Å². The molecular formula is C11H14N4O7S2. The summed E-state index contributed by atoms with van der Waals surface area (Å²) in [6, 6.07) is -2.15. The van der Waals surface area contributed by atoms with Gasteiger partial charge in [-0.05, 0) is 12.8 Å². The van der Waals surface area contributed by atoms with Crippen molar-refractivity contribution in [3.8, 4) is 0 Å². The Morgan fingerprint density at radius 1 is 1.50 bits per heavy atom. The molecule has 3 heterocycles. The van der Waals surface area contributed by atoms with Gasteiger partial charge in [0.2, 0.25) is 0 Å². The molecule has 2 aliphatic heterocycles. The number of rotatable bonds is 6. The zero-order valence-electron chi connectivity index (χ0n) is 12.2. The summed E-state index contributed by atoms with van der Waals surface area (Å²) >= 11 is 1.40. The van der Waals surface area contributed by atoms with Gasteiger partial charge in [-0.1, -0.05) is 0 Å². The van der Waals surface area contributed by atoms with E-state index in [0.29, 0.717) is 23.6 Å². The van der Waals surface area contributed by atoms with Gasteiger partial charge in [0.1, 0.15) is 12.6 Å². The molecule has 2 atom stereocenters. The Kier molecular flexibility index (Phi) is 4.69. The minimum atomic E-state index is -4.81. The molecule has 11 nitrogen and oxygen atoms in total. The van der Waals surface area contributed by atoms with Crippen LogP contribution in [0.5, 0.6) is 0 Å². The van der Waals surface area contributed by atoms with Gasteiger partial charge in [0.25, 0.3) is 5.91 Å². The van der Waals surface area contributed by atoms with Gasteiger partial charge in [-0.2, -0.15) is 13.5 Å². The molecule has 3 rings (SSSR count). The van der Waals surface area contributed by atoms with Crippen LogP contribution in [0.3, 0.4) is 0 Å². The molecule has 1 aromatic rings. The first-order chi connectivity index (χ1) is 11.3. The highest BCUT2D eigenvalue weighted by Gasteiger charge is 2.49. The summed E-state index contributed by atoms with van der Waals surface area (Å²) in [4.78, 5) is 34.6. The Balaban J connectivity index is 1.58. The normalized spacial score (nSPS) is 23.6. The largest absolute Gasteiger partial charge is 0.418 e. The first kappa shape index (κ1) is 17.0. The van der Waals surface area contributed by atoms with Gasteiger partial charge in [0.15, 0.2) is 0 Å². The predicted octanol–water partition coefficient (Wildman–Crippen LogP) is -0.306. The van der Waals surface area contributed by atoms with Crippen LogP contribution in [-0.2, 0) is 30.9 Å². The highest BCUT2D eigenvalue weighted by molar-refractivity contribution is 7.80. The Bertz CT molecular complexity index is 723. The van der Waals surface area contributed by atoms with Crippen molar-refractivity contribution >= 4 is 33.7 Å². The van der Waals surface area contributed by atoms with Gasteiger partial charge in [-0.25, -0.2) is 15.3 Å². The Morgan fingerprint density at radius 3 is 2.96 bits per heavy atom. The molecule has 2 N–H and O–H groups in total. The van der Waals surface area contributed by atoms with Crippen LogP contribution >= 0.6 is 11.3 Å². The lowest BCUT2D eigenvalue weighted by molar-refractivity contribution is -0.140. The number of hydrogen-bond donors (Lipinski definition) is 2. The Morgan fingerprint density at radius 2 is 2.29 bits per heavy atom. The summed E-state index contributed by atoms with van der Waals surface area (Å²) in [6.45, 7) is 0.217. The van der Waals surface area contributed by atoms with Gasteiger partial charge in [-0.15, -0.1) is 15.6 Å². The highest BCUT2D eigenvalue weighted by atomic mass is 32.3. The molecule has 13 heteroatoms. The van der Waals surface area contributed by atoms with Crippen LogP contribution in [0.4, 0.5) is 4.79 Å². The van der Waals surface area contributed by atoms with Crippen LogP contribution in [0, 0.1) is 0 Å². The quantitative estimate of drug-likeness (QED) is 0.508. The molecule has 0 aliphatic carbocycles. The molecule has 0 radical (unpaired) electrons. The fourth-order valence-corrected chi connectivity index (χ4v) is 3.59. The fourth-order valence-electron chi connectivity index (χ4n) is 2.66. The number of hydrogen-bond acceptors (Lipinski definition) is 8. The third-order valence-electron chi connectivity index (χ3n) is 3.68. The van der Waals surface area contributed by atoms with E-state index in [0.717, 1.165) is 0 Å². The number of piperidine rings is 1. The van der Waals surface area contributed by atoms with Crippen molar-refractivity contribution < 1.29 is 31.7 Å². The van der Waals surface area contributed by atoms with Crippen LogP contribution < -0.4 is 5.48 Å². The molecule has 2 bridgehead atoms. The number of carbonyl (C=O) groups is 2. The second-order valence-corrected chi connectivity index (χ2v) is 6.97. The first-order valence-corrected chi connectivity index (χ1v) is 9.21. The zero-order valence-corrected chi connectivity index (χ0v) is 13.8. The number of amides is 3. The van der Waals surface area contributed by atoms with E-state index in [9.17, 15) is 18.0 Å². The smallest absolute Gasteiger partial charge is 0.309 e. The Hall–Kier alpha value is -1.80. The molecule has 2 saturated heterocycles. The number of fused-ring (bicyclic) bond motifs is 2. The maximum Gasteiger partial charge on any atom is 0.418 e. The summed E-state index contributed by atoms with van der Waals surface area (Å²) < 4.78 is 34.6. The van der Waals surface area contributed by atoms with Crippen molar-refractivity contribution in [2.45, 2.75) is 31.5 Å². The van der Waals surface area contributed by atoms with Crippen molar-refractivity contribution in [3.05, 3.63) is 16.6 Å². The molecule has 0 aromatic carbocycles. The van der Waals surface area contributed by atoms with Gasteiger partial charge in [0.05, 0.1) is 17.2 Å². The second-order valence-electron chi connectivity index (χ2n) is 5.24. The third-order valence-corrected chi connectivity index (χ3v) is 4.66. The summed E-state index contributed by atoms with van der Waals surface area (Å²) in [5.41, 5.74) is 4.56. The lowest BCUT2D eigenvalue weighted by Gasteiger charge is -2.28. The average Bonchev–Trinajstić information content (AvgIpc) is 3.10. The number of nitrogens with one attached hydrogen (secondary N) is 1. The van der Waals surface area contributed by atoms with Crippen LogP contribution in [0.15, 0.2) is 10.9 Å². The minimum absolute atomic E-state index is 0.0938. The summed E-state index contributed by atoms with van der Waals surface area (Å²) in [5, 5.41) is 2.35. The van der Waals surface area contributed by atoms with Crippen molar-refractivity contribution in [2.24, 2.45) is 0 Å². The fraction of sp³-hybridized carbons (Fsp3) is 0.545. The standard InChI is InChI=1S/C11H14N4O7S2/c16-10(13-21-4-7-5-23-6-12-7)9-2-1-8-3-14(9)11(17)15(8)22-24(18,19)20/h5-6,8-9H,1-4H2,(H,13,16)(H,18,19,20)/t8?,9-/m0/s1. The summed E-state index contributed by atoms with van der Waals surface area (Å²) in [7, 11) is -4.81. The molecule has 132 valence electrons. The Labute approximate surface area is 141 Å². The SMILES string of the molecule is O=C(NOCc1cscn1)[C@@H]1CCC2CN1C(=O)N2OS(=O)(=O)O. The summed E-state index contributed by atoms with van der Waals surface area (Å²) in [6.07, 6.45) is 0.662. The number of nitrogens with zero attached hydrogens (tertiary/aromatic N) is 3. The first-order valence-electron chi connectivity index (χ1n) is 6.90. The molecule has 0 spiro atoms. The van der Waals surface area contributed by atoms with Gasteiger partial charge in [-0.3, -0.25) is 14.2 Å². The number of aromatic nitrogens is 1. The number of thiazole rings is 1. The zero-order chi connectivity index (χ0) is 17.3. The van der Waals surface area contributed by atoms with Crippen molar-refractivity contribution in [1.82, 2.24) is 20.4 Å². The second kappa shape index (κ2) is 6.60. The number of carbonyl (C=O) groups excluding carboxylic acids is 2. The summed E-state index contributed by atoms with van der Waals surface area (Å²) in [5.74, 6) is -0.522. The van der Waals surface area contributed by atoms with Crippen LogP contribution in [0.25, 0.3) is 0 Å². The molecule has 2 fully saturated rings. The van der Waals surface area contributed by atoms with Crippen LogP contribution in [0.2, 0.25) is 0 Å². The van der Waals surface area contributed by atoms with Gasteiger partial charge in [0, 0.05) is 11.9 Å². The van der Waals surface area contributed by atoms with Crippen molar-refractivity contribution in [1.29, 1.82) is 0 Å². The van der Waals surface area contributed by atoms with E-state index < -0.39 is 34.4 Å². The molecule has 2 aliphatic rings. The van der Waals surface area contributed by atoms with E-state index in [1.165, 1.54) is 16.2 Å². The topological polar surface area (TPSA) is 138 Å². The molecular weight excluding hydrogens is 364 g/mol. The van der Waals surface area contributed by atoms with E-state index in [1.54, 1.807) is 10.9 Å². The van der Waals surface area contributed by atoms with Crippen molar-refractivity contribution in [3.63, 3.8) is 0 Å². The maximum absolute atomic E-state index is 12.2. The monoisotopic (exact) mass is 378 g/mol. The van der Waals surface area contributed by atoms with E-state index in [1.807, 2.05) is 0 Å². The molecule has 0 saturated carbocycles. The maximum atomic E-state index is 12.2. The molecule has 1 unspecified atom stereocenters. The van der Waals surface area contributed by atoms with E-state index in [4.69, 9.17) is 9.39 Å². The molecule has 24 heavy (non-hydrogen) atoms. The lowest BCUT2D eigenvalue weighted by Crippen LogP contribution is -2.49. The van der Waals surface area contributed by atoms with Crippen LogP contribution in [0.1, 0.15) is 18.5 Å². The van der Waals surface area contributed by atoms with E-state index in [-0.39, 0.29) is 13.2 Å². The lowest BCUT2D eigenvalue weighted by atomic mass is 10.0.